The summed E-state index contributed by atoms with van der Waals surface area (Å²) in [6.45, 7) is 4.61. The number of β-amino-alcohol motifs (C(OH)–C–C–N with tert-alkyl or cyclic N) is 1. The molecule has 1 aliphatic heterocycles. The molecule has 0 radical (unpaired) electrons. The molecule has 150 valence electrons. The predicted molar refractivity (Wildman–Crippen MR) is 101 cm³/mol. The number of aromatic nitrogens is 3. The average molecular weight is 387 g/mol. The van der Waals surface area contributed by atoms with Gasteiger partial charge < -0.3 is 20.1 Å². The van der Waals surface area contributed by atoms with Crippen molar-refractivity contribution in [3.05, 3.63) is 47.5 Å². The Morgan fingerprint density at radius 3 is 2.89 bits per heavy atom. The Morgan fingerprint density at radius 1 is 1.39 bits per heavy atom. The van der Waals surface area contributed by atoms with E-state index in [1.807, 2.05) is 13.8 Å². The first-order valence-corrected chi connectivity index (χ1v) is 9.22. The van der Waals surface area contributed by atoms with E-state index >= 15 is 0 Å². The van der Waals surface area contributed by atoms with Crippen LogP contribution >= 0.6 is 0 Å². The van der Waals surface area contributed by atoms with Crippen LogP contribution in [0.2, 0.25) is 0 Å². The Balaban J connectivity index is 1.66. The third kappa shape index (κ3) is 4.73. The van der Waals surface area contributed by atoms with Gasteiger partial charge in [-0.15, -0.1) is 0 Å². The molecule has 2 aromatic rings. The molecular weight excluding hydrogens is 362 g/mol. The number of pyridine rings is 1. The molecule has 3 heterocycles. The van der Waals surface area contributed by atoms with E-state index in [2.05, 4.69) is 20.5 Å². The van der Waals surface area contributed by atoms with E-state index in [4.69, 9.17) is 4.74 Å². The molecule has 1 unspecified atom stereocenters. The summed E-state index contributed by atoms with van der Waals surface area (Å²) in [6, 6.07) is 6.73. The Morgan fingerprint density at radius 2 is 2.21 bits per heavy atom. The third-order valence-corrected chi connectivity index (χ3v) is 4.56. The van der Waals surface area contributed by atoms with Crippen LogP contribution in [0.5, 0.6) is 0 Å². The summed E-state index contributed by atoms with van der Waals surface area (Å²) < 4.78 is 5.47. The van der Waals surface area contributed by atoms with E-state index < -0.39 is 11.5 Å². The van der Waals surface area contributed by atoms with Crippen LogP contribution in [-0.4, -0.2) is 75.5 Å². The summed E-state index contributed by atoms with van der Waals surface area (Å²) in [5.41, 5.74) is 0.0115. The number of aliphatic hydroxyl groups is 1. The molecule has 0 spiro atoms. The van der Waals surface area contributed by atoms with Crippen LogP contribution in [0, 0.1) is 0 Å². The molecule has 1 fully saturated rings. The van der Waals surface area contributed by atoms with E-state index in [1.165, 1.54) is 11.1 Å². The van der Waals surface area contributed by atoms with Crippen molar-refractivity contribution < 1.29 is 19.4 Å². The number of aromatic amines is 1. The van der Waals surface area contributed by atoms with Gasteiger partial charge in [0.25, 0.3) is 11.8 Å². The molecule has 1 aliphatic rings. The minimum atomic E-state index is -1.41. The van der Waals surface area contributed by atoms with Crippen molar-refractivity contribution in [3.63, 3.8) is 0 Å². The number of H-pyrrole nitrogens is 1. The van der Waals surface area contributed by atoms with Gasteiger partial charge in [0.05, 0.1) is 26.3 Å². The Hall–Kier alpha value is -2.78. The lowest BCUT2D eigenvalue weighted by Gasteiger charge is -2.30. The number of rotatable bonds is 5. The Bertz CT molecular complexity index is 823. The molecule has 9 heteroatoms. The molecule has 2 amide bonds. The quantitative estimate of drug-likeness (QED) is 0.690. The van der Waals surface area contributed by atoms with Gasteiger partial charge in [-0.3, -0.25) is 19.7 Å². The molecule has 3 rings (SSSR count). The topological polar surface area (TPSA) is 120 Å². The molecule has 3 N–H and O–H groups in total. The first-order chi connectivity index (χ1) is 13.4. The summed E-state index contributed by atoms with van der Waals surface area (Å²) in [6.07, 6.45) is 1.52. The number of ether oxygens (including phenoxy) is 1. The first-order valence-electron chi connectivity index (χ1n) is 9.22. The van der Waals surface area contributed by atoms with Crippen molar-refractivity contribution >= 4 is 11.8 Å². The van der Waals surface area contributed by atoms with Crippen LogP contribution in [0.15, 0.2) is 30.5 Å². The maximum Gasteiger partial charge on any atom is 0.274 e. The monoisotopic (exact) mass is 387 g/mol. The van der Waals surface area contributed by atoms with Crippen LogP contribution in [-0.2, 0) is 4.74 Å². The molecule has 0 aliphatic carbocycles. The van der Waals surface area contributed by atoms with E-state index in [0.717, 1.165) is 5.69 Å². The molecule has 1 saturated heterocycles. The van der Waals surface area contributed by atoms with Crippen molar-refractivity contribution in [3.8, 4) is 0 Å². The van der Waals surface area contributed by atoms with Gasteiger partial charge in [0.2, 0.25) is 0 Å². The minimum Gasteiger partial charge on any atom is -0.384 e. The fourth-order valence-corrected chi connectivity index (χ4v) is 2.93. The number of amides is 2. The first kappa shape index (κ1) is 20.0. The number of hydrogen-bond acceptors (Lipinski definition) is 6. The van der Waals surface area contributed by atoms with Gasteiger partial charge >= 0.3 is 0 Å². The average Bonchev–Trinajstić information content (AvgIpc) is 3.11. The van der Waals surface area contributed by atoms with E-state index in [1.54, 1.807) is 24.3 Å². The molecule has 1 atom stereocenters. The fourth-order valence-electron chi connectivity index (χ4n) is 2.93. The predicted octanol–water partition coefficient (Wildman–Crippen LogP) is 0.562. The smallest absolute Gasteiger partial charge is 0.274 e. The maximum atomic E-state index is 12.8. The summed E-state index contributed by atoms with van der Waals surface area (Å²) in [4.78, 5) is 30.5. The molecular formula is C19H25N5O4. The highest BCUT2D eigenvalue weighted by Gasteiger charge is 2.35. The Kier molecular flexibility index (Phi) is 6.05. The molecule has 0 bridgehead atoms. The van der Waals surface area contributed by atoms with Crippen LogP contribution in [0.4, 0.5) is 0 Å². The summed E-state index contributed by atoms with van der Waals surface area (Å²) in [5.74, 6) is -0.464. The lowest BCUT2D eigenvalue weighted by molar-refractivity contribution is -0.0324. The van der Waals surface area contributed by atoms with Crippen molar-refractivity contribution in [1.29, 1.82) is 0 Å². The van der Waals surface area contributed by atoms with Crippen LogP contribution in [0.3, 0.4) is 0 Å². The molecule has 0 aromatic carbocycles. The van der Waals surface area contributed by atoms with Crippen molar-refractivity contribution in [2.45, 2.75) is 25.4 Å². The lowest BCUT2D eigenvalue weighted by atomic mass is 10.0. The highest BCUT2D eigenvalue weighted by atomic mass is 16.5. The highest BCUT2D eigenvalue weighted by Crippen LogP contribution is 2.17. The van der Waals surface area contributed by atoms with Crippen LogP contribution < -0.4 is 5.32 Å². The zero-order valence-corrected chi connectivity index (χ0v) is 16.0. The number of carbonyl (C=O) groups excluding carboxylic acids is 2. The van der Waals surface area contributed by atoms with E-state index in [0.29, 0.717) is 18.8 Å². The SMILES string of the molecule is CC(C)c1cc(C(=O)N2CCOCC(O)(CNC(=O)c3ccccn3)C2)n[nH]1. The van der Waals surface area contributed by atoms with Crippen molar-refractivity contribution in [2.24, 2.45) is 0 Å². The van der Waals surface area contributed by atoms with E-state index in [9.17, 15) is 14.7 Å². The van der Waals surface area contributed by atoms with Gasteiger partial charge in [0.1, 0.15) is 17.0 Å². The second-order valence-corrected chi connectivity index (χ2v) is 7.26. The molecule has 9 nitrogen and oxygen atoms in total. The van der Waals surface area contributed by atoms with Gasteiger partial charge in [-0.05, 0) is 24.1 Å². The second-order valence-electron chi connectivity index (χ2n) is 7.26. The van der Waals surface area contributed by atoms with E-state index in [-0.39, 0.29) is 37.2 Å². The van der Waals surface area contributed by atoms with Gasteiger partial charge in [-0.2, -0.15) is 5.10 Å². The van der Waals surface area contributed by atoms with Crippen LogP contribution in [0.25, 0.3) is 0 Å². The normalized spacial score (nSPS) is 20.1. The standard InChI is InChI=1S/C19H25N5O4/c1-13(2)15-9-16(23-22-15)18(26)24-7-8-28-12-19(27,11-24)10-21-17(25)14-5-3-4-6-20-14/h3-6,9,13,27H,7-8,10-12H2,1-2H3,(H,21,25)(H,22,23). The largest absolute Gasteiger partial charge is 0.384 e. The third-order valence-electron chi connectivity index (χ3n) is 4.56. The number of nitrogens with zero attached hydrogens (tertiary/aromatic N) is 3. The zero-order chi connectivity index (χ0) is 20.1. The van der Waals surface area contributed by atoms with Gasteiger partial charge in [-0.25, -0.2) is 0 Å². The summed E-state index contributed by atoms with van der Waals surface area (Å²) in [5, 5.41) is 20.5. The summed E-state index contributed by atoms with van der Waals surface area (Å²) >= 11 is 0. The fraction of sp³-hybridized carbons (Fsp3) is 0.474. The Labute approximate surface area is 163 Å². The lowest BCUT2D eigenvalue weighted by Crippen LogP contribution is -2.53. The minimum absolute atomic E-state index is 0.0110. The number of carbonyl (C=O) groups is 2. The zero-order valence-electron chi connectivity index (χ0n) is 16.0. The molecule has 0 saturated carbocycles. The van der Waals surface area contributed by atoms with Gasteiger partial charge in [0, 0.05) is 18.4 Å². The second kappa shape index (κ2) is 8.49. The maximum absolute atomic E-state index is 12.8. The molecule has 28 heavy (non-hydrogen) atoms. The van der Waals surface area contributed by atoms with Crippen molar-refractivity contribution in [1.82, 2.24) is 25.4 Å². The van der Waals surface area contributed by atoms with Gasteiger partial charge in [-0.1, -0.05) is 19.9 Å². The van der Waals surface area contributed by atoms with Crippen molar-refractivity contribution in [2.75, 3.05) is 32.8 Å². The summed E-state index contributed by atoms with van der Waals surface area (Å²) in [7, 11) is 0. The molecule has 2 aromatic heterocycles. The highest BCUT2D eigenvalue weighted by molar-refractivity contribution is 5.93. The van der Waals surface area contributed by atoms with Gasteiger partial charge in [0.15, 0.2) is 0 Å². The number of nitrogens with one attached hydrogen (secondary N) is 2. The number of hydrogen-bond donors (Lipinski definition) is 3. The van der Waals surface area contributed by atoms with Crippen LogP contribution in [0.1, 0.15) is 46.4 Å².